The largest absolute Gasteiger partial charge is 0.357 e. The molecular weight excluding hydrogens is 300 g/mol. The number of sulfonamides is 1. The number of rotatable bonds is 10. The molecule has 1 fully saturated rings. The highest BCUT2D eigenvalue weighted by molar-refractivity contribution is 7.88. The van der Waals surface area contributed by atoms with E-state index in [4.69, 9.17) is 0 Å². The first-order chi connectivity index (χ1) is 10.5. The van der Waals surface area contributed by atoms with E-state index in [1.165, 1.54) is 44.8 Å². The summed E-state index contributed by atoms with van der Waals surface area (Å²) in [7, 11) is -3.09. The maximum absolute atomic E-state index is 10.9. The van der Waals surface area contributed by atoms with Gasteiger partial charge in [-0.3, -0.25) is 4.99 Å². The third kappa shape index (κ3) is 10.00. The zero-order valence-electron chi connectivity index (χ0n) is 14.0. The average Bonchev–Trinajstić information content (AvgIpc) is 2.95. The fourth-order valence-corrected chi connectivity index (χ4v) is 3.28. The molecule has 0 bridgehead atoms. The van der Waals surface area contributed by atoms with Crippen molar-refractivity contribution in [3.8, 4) is 0 Å². The van der Waals surface area contributed by atoms with Gasteiger partial charge in [0, 0.05) is 26.2 Å². The number of nitrogens with one attached hydrogen (secondary N) is 3. The molecule has 22 heavy (non-hydrogen) atoms. The maximum atomic E-state index is 10.9. The van der Waals surface area contributed by atoms with E-state index in [1.54, 1.807) is 0 Å². The molecule has 6 nitrogen and oxygen atoms in total. The Kier molecular flexibility index (Phi) is 9.47. The van der Waals surface area contributed by atoms with Crippen molar-refractivity contribution in [1.82, 2.24) is 15.4 Å². The molecule has 0 spiro atoms. The van der Waals surface area contributed by atoms with Crippen LogP contribution in [0.1, 0.15) is 51.9 Å². The van der Waals surface area contributed by atoms with E-state index in [2.05, 4.69) is 20.3 Å². The molecule has 0 aromatic heterocycles. The SMILES string of the molecule is CCNC(=NCCCNS(C)(=O)=O)NCCCC1CCCC1. The van der Waals surface area contributed by atoms with Crippen LogP contribution in [-0.2, 0) is 10.0 Å². The van der Waals surface area contributed by atoms with Crippen molar-refractivity contribution in [2.45, 2.75) is 51.9 Å². The van der Waals surface area contributed by atoms with Crippen molar-refractivity contribution in [2.75, 3.05) is 32.4 Å². The van der Waals surface area contributed by atoms with E-state index in [0.29, 0.717) is 19.5 Å². The van der Waals surface area contributed by atoms with Gasteiger partial charge in [0.1, 0.15) is 0 Å². The summed E-state index contributed by atoms with van der Waals surface area (Å²) >= 11 is 0. The quantitative estimate of drug-likeness (QED) is 0.321. The summed E-state index contributed by atoms with van der Waals surface area (Å²) in [4.78, 5) is 4.46. The van der Waals surface area contributed by atoms with Gasteiger partial charge >= 0.3 is 0 Å². The van der Waals surface area contributed by atoms with Crippen LogP contribution in [-0.4, -0.2) is 46.8 Å². The van der Waals surface area contributed by atoms with Gasteiger partial charge in [-0.25, -0.2) is 13.1 Å². The number of nitrogens with zero attached hydrogens (tertiary/aromatic N) is 1. The molecule has 0 aliphatic heterocycles. The fraction of sp³-hybridized carbons (Fsp3) is 0.933. The van der Waals surface area contributed by atoms with Gasteiger partial charge in [0.05, 0.1) is 6.26 Å². The van der Waals surface area contributed by atoms with Gasteiger partial charge in [-0.05, 0) is 32.1 Å². The molecule has 0 heterocycles. The van der Waals surface area contributed by atoms with E-state index in [9.17, 15) is 8.42 Å². The minimum atomic E-state index is -3.09. The van der Waals surface area contributed by atoms with Crippen LogP contribution in [0.3, 0.4) is 0 Å². The monoisotopic (exact) mass is 332 g/mol. The molecule has 0 radical (unpaired) electrons. The molecule has 0 saturated heterocycles. The highest BCUT2D eigenvalue weighted by Crippen LogP contribution is 2.28. The molecule has 1 rings (SSSR count). The second-order valence-electron chi connectivity index (χ2n) is 6.00. The van der Waals surface area contributed by atoms with Gasteiger partial charge in [-0.15, -0.1) is 0 Å². The molecule has 3 N–H and O–H groups in total. The molecule has 130 valence electrons. The van der Waals surface area contributed by atoms with Crippen molar-refractivity contribution in [2.24, 2.45) is 10.9 Å². The third-order valence-corrected chi connectivity index (χ3v) is 4.60. The lowest BCUT2D eigenvalue weighted by Crippen LogP contribution is -2.38. The highest BCUT2D eigenvalue weighted by Gasteiger charge is 2.13. The van der Waals surface area contributed by atoms with Crippen molar-refractivity contribution in [1.29, 1.82) is 0 Å². The smallest absolute Gasteiger partial charge is 0.208 e. The van der Waals surface area contributed by atoms with Crippen LogP contribution in [0.4, 0.5) is 0 Å². The summed E-state index contributed by atoms with van der Waals surface area (Å²) in [5.74, 6) is 1.76. The normalized spacial score (nSPS) is 16.9. The third-order valence-electron chi connectivity index (χ3n) is 3.87. The van der Waals surface area contributed by atoms with Crippen LogP contribution < -0.4 is 15.4 Å². The predicted octanol–water partition coefficient (Wildman–Crippen LogP) is 1.45. The summed E-state index contributed by atoms with van der Waals surface area (Å²) in [5.41, 5.74) is 0. The first-order valence-corrected chi connectivity index (χ1v) is 10.4. The average molecular weight is 333 g/mol. The zero-order chi connectivity index (χ0) is 16.3. The fourth-order valence-electron chi connectivity index (χ4n) is 2.77. The van der Waals surface area contributed by atoms with E-state index in [0.717, 1.165) is 25.0 Å². The molecular formula is C15H32N4O2S. The van der Waals surface area contributed by atoms with Crippen LogP contribution in [0.2, 0.25) is 0 Å². The van der Waals surface area contributed by atoms with Crippen LogP contribution in [0.15, 0.2) is 4.99 Å². The Morgan fingerprint density at radius 2 is 1.86 bits per heavy atom. The Hall–Kier alpha value is -0.820. The molecule has 0 atom stereocenters. The lowest BCUT2D eigenvalue weighted by atomic mass is 10.0. The second kappa shape index (κ2) is 10.8. The van der Waals surface area contributed by atoms with Crippen LogP contribution in [0.5, 0.6) is 0 Å². The van der Waals surface area contributed by atoms with Gasteiger partial charge in [0.2, 0.25) is 10.0 Å². The highest BCUT2D eigenvalue weighted by atomic mass is 32.2. The lowest BCUT2D eigenvalue weighted by Gasteiger charge is -2.13. The molecule has 0 aromatic rings. The van der Waals surface area contributed by atoms with Gasteiger partial charge in [0.25, 0.3) is 0 Å². The van der Waals surface area contributed by atoms with Gasteiger partial charge in [-0.2, -0.15) is 0 Å². The number of hydrogen-bond donors (Lipinski definition) is 3. The van der Waals surface area contributed by atoms with Crippen molar-refractivity contribution in [3.05, 3.63) is 0 Å². The van der Waals surface area contributed by atoms with Crippen LogP contribution in [0, 0.1) is 5.92 Å². The van der Waals surface area contributed by atoms with E-state index in [-0.39, 0.29) is 0 Å². The number of guanidine groups is 1. The van der Waals surface area contributed by atoms with Gasteiger partial charge in [0.15, 0.2) is 5.96 Å². The molecule has 7 heteroatoms. The van der Waals surface area contributed by atoms with E-state index < -0.39 is 10.0 Å². The standard InChI is InChI=1S/C15H32N4O2S/c1-3-16-15(18-12-7-13-19-22(2,20)21)17-11-6-10-14-8-4-5-9-14/h14,19H,3-13H2,1-2H3,(H2,16,17,18). The van der Waals surface area contributed by atoms with Crippen LogP contribution >= 0.6 is 0 Å². The van der Waals surface area contributed by atoms with Crippen molar-refractivity contribution < 1.29 is 8.42 Å². The summed E-state index contributed by atoms with van der Waals surface area (Å²) in [6, 6.07) is 0. The minimum absolute atomic E-state index is 0.434. The Bertz CT molecular complexity index is 417. The van der Waals surface area contributed by atoms with E-state index in [1.807, 2.05) is 6.92 Å². The molecule has 1 saturated carbocycles. The summed E-state index contributed by atoms with van der Waals surface area (Å²) in [5, 5.41) is 6.57. The summed E-state index contributed by atoms with van der Waals surface area (Å²) in [6.07, 6.45) is 9.99. The molecule has 1 aliphatic carbocycles. The Morgan fingerprint density at radius 3 is 2.50 bits per heavy atom. The van der Waals surface area contributed by atoms with Gasteiger partial charge < -0.3 is 10.6 Å². The Labute approximate surface area is 135 Å². The van der Waals surface area contributed by atoms with Crippen molar-refractivity contribution in [3.63, 3.8) is 0 Å². The second-order valence-corrected chi connectivity index (χ2v) is 7.83. The maximum Gasteiger partial charge on any atom is 0.208 e. The zero-order valence-corrected chi connectivity index (χ0v) is 14.8. The molecule has 0 unspecified atom stereocenters. The van der Waals surface area contributed by atoms with Gasteiger partial charge in [-0.1, -0.05) is 25.7 Å². The molecule has 0 aromatic carbocycles. The summed E-state index contributed by atoms with van der Waals surface area (Å²) in [6.45, 7) is 4.87. The lowest BCUT2D eigenvalue weighted by molar-refractivity contribution is 0.481. The van der Waals surface area contributed by atoms with E-state index >= 15 is 0 Å². The first kappa shape index (κ1) is 19.2. The predicted molar refractivity (Wildman–Crippen MR) is 92.6 cm³/mol. The van der Waals surface area contributed by atoms with Crippen molar-refractivity contribution >= 4 is 16.0 Å². The number of hydrogen-bond acceptors (Lipinski definition) is 3. The minimum Gasteiger partial charge on any atom is -0.357 e. The summed E-state index contributed by atoms with van der Waals surface area (Å²) < 4.78 is 24.4. The van der Waals surface area contributed by atoms with Crippen LogP contribution in [0.25, 0.3) is 0 Å². The molecule has 1 aliphatic rings. The topological polar surface area (TPSA) is 82.6 Å². The molecule has 0 amide bonds. The number of aliphatic imine (C=N–C) groups is 1. The first-order valence-electron chi connectivity index (χ1n) is 8.48. The Morgan fingerprint density at radius 1 is 1.14 bits per heavy atom. The Balaban J connectivity index is 2.14.